The Bertz CT molecular complexity index is 220. The molecule has 0 rings (SSSR count). The van der Waals surface area contributed by atoms with Crippen molar-refractivity contribution in [3.8, 4) is 6.07 Å². The molecule has 0 aliphatic heterocycles. The van der Waals surface area contributed by atoms with Crippen LogP contribution in [-0.4, -0.2) is 62.2 Å². The molecule has 0 aromatic rings. The van der Waals surface area contributed by atoms with Gasteiger partial charge in [0.05, 0.1) is 6.07 Å². The van der Waals surface area contributed by atoms with Crippen molar-refractivity contribution in [1.82, 2.24) is 15.1 Å². The van der Waals surface area contributed by atoms with Gasteiger partial charge in [0.2, 0.25) is 0 Å². The number of likely N-dealkylation sites (N-methyl/N-ethyl adjacent to an activating group) is 1. The second-order valence-corrected chi connectivity index (χ2v) is 5.11. The monoisotopic (exact) mass is 240 g/mol. The molecule has 0 radical (unpaired) electrons. The van der Waals surface area contributed by atoms with Gasteiger partial charge in [-0.25, -0.2) is 0 Å². The van der Waals surface area contributed by atoms with E-state index >= 15 is 0 Å². The first kappa shape index (κ1) is 16.4. The minimum absolute atomic E-state index is 0.0660. The van der Waals surface area contributed by atoms with E-state index in [9.17, 15) is 0 Å². The maximum absolute atomic E-state index is 9.12. The number of nitrogens with one attached hydrogen (secondary N) is 1. The Kier molecular flexibility index (Phi) is 9.06. The number of hydrogen-bond donors (Lipinski definition) is 1. The lowest BCUT2D eigenvalue weighted by Crippen LogP contribution is -2.45. The maximum atomic E-state index is 9.12. The van der Waals surface area contributed by atoms with Gasteiger partial charge in [0.15, 0.2) is 0 Å². The second kappa shape index (κ2) is 9.41. The van der Waals surface area contributed by atoms with Crippen molar-refractivity contribution in [2.75, 3.05) is 40.3 Å². The van der Waals surface area contributed by atoms with Gasteiger partial charge < -0.3 is 4.90 Å². The van der Waals surface area contributed by atoms with E-state index in [4.69, 9.17) is 5.26 Å². The summed E-state index contributed by atoms with van der Waals surface area (Å²) < 4.78 is 0. The lowest BCUT2D eigenvalue weighted by molar-refractivity contribution is 0.227. The lowest BCUT2D eigenvalue weighted by Gasteiger charge is -2.26. The summed E-state index contributed by atoms with van der Waals surface area (Å²) in [6.45, 7) is 10.3. The molecule has 0 fully saturated rings. The molecule has 0 aliphatic rings. The number of nitrogens with zero attached hydrogens (tertiary/aromatic N) is 3. The largest absolute Gasteiger partial charge is 0.308 e. The van der Waals surface area contributed by atoms with E-state index < -0.39 is 0 Å². The molecule has 0 aromatic carbocycles. The molecule has 1 unspecified atom stereocenters. The van der Waals surface area contributed by atoms with Crippen molar-refractivity contribution in [3.05, 3.63) is 0 Å². The predicted molar refractivity (Wildman–Crippen MR) is 73.0 cm³/mol. The molecule has 0 aromatic heterocycles. The highest BCUT2D eigenvalue weighted by molar-refractivity contribution is 4.93. The van der Waals surface area contributed by atoms with Gasteiger partial charge in [0.25, 0.3) is 0 Å². The van der Waals surface area contributed by atoms with Gasteiger partial charge in [-0.2, -0.15) is 5.26 Å². The minimum Gasteiger partial charge on any atom is -0.308 e. The normalized spacial score (nSPS) is 13.4. The van der Waals surface area contributed by atoms with Crippen LogP contribution in [-0.2, 0) is 0 Å². The Morgan fingerprint density at radius 1 is 1.18 bits per heavy atom. The summed E-state index contributed by atoms with van der Waals surface area (Å²) in [6, 6.07) is 2.64. The lowest BCUT2D eigenvalue weighted by atomic mass is 10.2. The first-order valence-corrected chi connectivity index (χ1v) is 6.52. The summed E-state index contributed by atoms with van der Waals surface area (Å²) in [4.78, 5) is 4.54. The number of hydrogen-bond acceptors (Lipinski definition) is 4. The van der Waals surface area contributed by atoms with Crippen LogP contribution < -0.4 is 5.32 Å². The summed E-state index contributed by atoms with van der Waals surface area (Å²) in [5.41, 5.74) is 0. The molecule has 0 spiro atoms. The zero-order valence-corrected chi connectivity index (χ0v) is 12.0. The van der Waals surface area contributed by atoms with Crippen LogP contribution in [0.1, 0.15) is 27.2 Å². The van der Waals surface area contributed by atoms with Crippen LogP contribution in [0.25, 0.3) is 0 Å². The van der Waals surface area contributed by atoms with E-state index in [1.54, 1.807) is 0 Å². The van der Waals surface area contributed by atoms with Crippen LogP contribution >= 0.6 is 0 Å². The standard InChI is InChI=1S/C13H28N4/c1-6-7-17(9-8-16(4)5)11-13(10-14)15-12(2)3/h12-13,15H,6-9,11H2,1-5H3. The Balaban J connectivity index is 4.15. The van der Waals surface area contributed by atoms with E-state index in [1.165, 1.54) is 0 Å². The highest BCUT2D eigenvalue weighted by Gasteiger charge is 2.13. The van der Waals surface area contributed by atoms with E-state index in [-0.39, 0.29) is 6.04 Å². The fourth-order valence-corrected chi connectivity index (χ4v) is 1.74. The Morgan fingerprint density at radius 2 is 1.82 bits per heavy atom. The third kappa shape index (κ3) is 9.11. The first-order valence-electron chi connectivity index (χ1n) is 6.52. The molecular weight excluding hydrogens is 212 g/mol. The van der Waals surface area contributed by atoms with E-state index in [1.807, 2.05) is 0 Å². The van der Waals surface area contributed by atoms with Crippen LogP contribution in [0.15, 0.2) is 0 Å². The third-order valence-electron chi connectivity index (χ3n) is 2.53. The highest BCUT2D eigenvalue weighted by atomic mass is 15.2. The predicted octanol–water partition coefficient (Wildman–Crippen LogP) is 1.15. The minimum atomic E-state index is -0.0660. The Hall–Kier alpha value is -0.630. The molecular formula is C13H28N4. The summed E-state index contributed by atoms with van der Waals surface area (Å²) >= 11 is 0. The summed E-state index contributed by atoms with van der Waals surface area (Å²) in [6.07, 6.45) is 1.13. The molecule has 4 heteroatoms. The molecule has 1 atom stereocenters. The van der Waals surface area contributed by atoms with Crippen LogP contribution in [0.3, 0.4) is 0 Å². The van der Waals surface area contributed by atoms with Crippen molar-refractivity contribution in [2.24, 2.45) is 0 Å². The van der Waals surface area contributed by atoms with Crippen molar-refractivity contribution in [2.45, 2.75) is 39.3 Å². The maximum Gasteiger partial charge on any atom is 0.108 e. The fraction of sp³-hybridized carbons (Fsp3) is 0.923. The van der Waals surface area contributed by atoms with Gasteiger partial charge in [0.1, 0.15) is 6.04 Å². The van der Waals surface area contributed by atoms with Crippen LogP contribution in [0.4, 0.5) is 0 Å². The van der Waals surface area contributed by atoms with Gasteiger partial charge >= 0.3 is 0 Å². The molecule has 17 heavy (non-hydrogen) atoms. The zero-order chi connectivity index (χ0) is 13.3. The molecule has 4 nitrogen and oxygen atoms in total. The van der Waals surface area contributed by atoms with Gasteiger partial charge in [0, 0.05) is 25.7 Å². The number of nitriles is 1. The molecule has 1 N–H and O–H groups in total. The van der Waals surface area contributed by atoms with Crippen LogP contribution in [0.5, 0.6) is 0 Å². The average Bonchev–Trinajstić information content (AvgIpc) is 2.24. The third-order valence-corrected chi connectivity index (χ3v) is 2.53. The Labute approximate surface area is 107 Å². The average molecular weight is 240 g/mol. The van der Waals surface area contributed by atoms with Gasteiger partial charge in [-0.05, 0) is 40.9 Å². The molecule has 0 saturated carbocycles. The van der Waals surface area contributed by atoms with Gasteiger partial charge in [-0.15, -0.1) is 0 Å². The Morgan fingerprint density at radius 3 is 2.24 bits per heavy atom. The highest BCUT2D eigenvalue weighted by Crippen LogP contribution is 1.97. The summed E-state index contributed by atoms with van der Waals surface area (Å²) in [7, 11) is 4.16. The molecule has 0 aliphatic carbocycles. The second-order valence-electron chi connectivity index (χ2n) is 5.11. The molecule has 0 amide bonds. The zero-order valence-electron chi connectivity index (χ0n) is 12.0. The van der Waals surface area contributed by atoms with E-state index in [0.717, 1.165) is 32.6 Å². The van der Waals surface area contributed by atoms with Crippen molar-refractivity contribution in [1.29, 1.82) is 5.26 Å². The van der Waals surface area contributed by atoms with E-state index in [2.05, 4.69) is 56.1 Å². The SMILES string of the molecule is CCCN(CCN(C)C)CC(C#N)NC(C)C. The van der Waals surface area contributed by atoms with Crippen LogP contribution in [0, 0.1) is 11.3 Å². The van der Waals surface area contributed by atoms with Crippen molar-refractivity contribution in [3.63, 3.8) is 0 Å². The fourth-order valence-electron chi connectivity index (χ4n) is 1.74. The van der Waals surface area contributed by atoms with Crippen LogP contribution in [0.2, 0.25) is 0 Å². The summed E-state index contributed by atoms with van der Waals surface area (Å²) in [5, 5.41) is 12.4. The van der Waals surface area contributed by atoms with Gasteiger partial charge in [-0.3, -0.25) is 10.2 Å². The molecule has 0 bridgehead atoms. The quantitative estimate of drug-likeness (QED) is 0.656. The summed E-state index contributed by atoms with van der Waals surface area (Å²) in [5.74, 6) is 0. The molecule has 0 heterocycles. The topological polar surface area (TPSA) is 42.3 Å². The van der Waals surface area contributed by atoms with E-state index in [0.29, 0.717) is 6.04 Å². The molecule has 100 valence electrons. The first-order chi connectivity index (χ1) is 7.99. The van der Waals surface area contributed by atoms with Gasteiger partial charge in [-0.1, -0.05) is 6.92 Å². The van der Waals surface area contributed by atoms with Crippen molar-refractivity contribution >= 4 is 0 Å². The van der Waals surface area contributed by atoms with Crippen molar-refractivity contribution < 1.29 is 0 Å². The smallest absolute Gasteiger partial charge is 0.108 e. The number of rotatable bonds is 9. The molecule has 0 saturated heterocycles.